The predicted molar refractivity (Wildman–Crippen MR) is 138 cm³/mol. The number of carbonyl (C=O) groups is 2. The molecule has 3 amide bonds. The van der Waals surface area contributed by atoms with E-state index in [4.69, 9.17) is 9.47 Å². The van der Waals surface area contributed by atoms with Crippen molar-refractivity contribution in [3.8, 4) is 5.75 Å². The number of benzene rings is 2. The number of carbonyl (C=O) groups excluding carboxylic acids is 2. The lowest BCUT2D eigenvalue weighted by Crippen LogP contribution is -2.46. The number of nitrogens with zero attached hydrogens (tertiary/aromatic N) is 2. The molecule has 0 saturated carbocycles. The minimum Gasteiger partial charge on any atom is -0.497 e. The molecule has 1 saturated heterocycles. The van der Waals surface area contributed by atoms with Gasteiger partial charge in [-0.25, -0.2) is 4.79 Å². The average Bonchev–Trinajstić information content (AvgIpc) is 3.58. The second kappa shape index (κ2) is 12.4. The number of hydrogen-bond donors (Lipinski definition) is 1. The van der Waals surface area contributed by atoms with E-state index in [9.17, 15) is 9.59 Å². The maximum Gasteiger partial charge on any atom is 0.322 e. The first-order valence-corrected chi connectivity index (χ1v) is 12.6. The Hall–Kier alpha value is -3.36. The summed E-state index contributed by atoms with van der Waals surface area (Å²) in [6, 6.07) is 20.8. The topological polar surface area (TPSA) is 71.1 Å². The number of methoxy groups -OCH3 is 1. The lowest BCUT2D eigenvalue weighted by molar-refractivity contribution is -0.133. The molecular weight excluding hydrogens is 462 g/mol. The van der Waals surface area contributed by atoms with Crippen molar-refractivity contribution in [1.29, 1.82) is 0 Å². The Morgan fingerprint density at radius 3 is 2.63 bits per heavy atom. The van der Waals surface area contributed by atoms with E-state index in [1.807, 2.05) is 64.9 Å². The lowest BCUT2D eigenvalue weighted by Gasteiger charge is -2.29. The zero-order valence-corrected chi connectivity index (χ0v) is 20.7. The number of amides is 3. The average molecular weight is 494 g/mol. The van der Waals surface area contributed by atoms with Gasteiger partial charge in [-0.05, 0) is 42.0 Å². The predicted octanol–water partition coefficient (Wildman–Crippen LogP) is 5.00. The summed E-state index contributed by atoms with van der Waals surface area (Å²) in [7, 11) is 1.58. The van der Waals surface area contributed by atoms with E-state index in [0.29, 0.717) is 37.7 Å². The van der Waals surface area contributed by atoms with Gasteiger partial charge in [-0.3, -0.25) is 4.79 Å². The molecule has 1 atom stereocenters. The zero-order valence-electron chi connectivity index (χ0n) is 19.9. The third-order valence-electron chi connectivity index (χ3n) is 5.88. The van der Waals surface area contributed by atoms with Gasteiger partial charge in [0, 0.05) is 36.3 Å². The highest BCUT2D eigenvalue weighted by atomic mass is 32.1. The van der Waals surface area contributed by atoms with Crippen molar-refractivity contribution in [1.82, 2.24) is 9.80 Å². The van der Waals surface area contributed by atoms with E-state index < -0.39 is 0 Å². The third kappa shape index (κ3) is 7.31. The van der Waals surface area contributed by atoms with Crippen LogP contribution in [0.2, 0.25) is 0 Å². The summed E-state index contributed by atoms with van der Waals surface area (Å²) in [5.74, 6) is 0.538. The molecule has 3 aromatic rings. The van der Waals surface area contributed by atoms with Gasteiger partial charge in [-0.2, -0.15) is 0 Å². The minimum absolute atomic E-state index is 0.0339. The van der Waals surface area contributed by atoms with Crippen LogP contribution in [0.25, 0.3) is 0 Å². The summed E-state index contributed by atoms with van der Waals surface area (Å²) in [4.78, 5) is 31.3. The van der Waals surface area contributed by atoms with E-state index in [1.54, 1.807) is 35.5 Å². The fourth-order valence-electron chi connectivity index (χ4n) is 4.05. The summed E-state index contributed by atoms with van der Waals surface area (Å²) in [6.07, 6.45) is 1.77. The van der Waals surface area contributed by atoms with Crippen LogP contribution in [0.1, 0.15) is 23.3 Å². The fourth-order valence-corrected chi connectivity index (χ4v) is 4.77. The zero-order chi connectivity index (χ0) is 24.5. The van der Waals surface area contributed by atoms with Gasteiger partial charge in [-0.1, -0.05) is 42.5 Å². The van der Waals surface area contributed by atoms with Gasteiger partial charge in [0.25, 0.3) is 0 Å². The van der Waals surface area contributed by atoms with Gasteiger partial charge in [0.05, 0.1) is 19.8 Å². The second-order valence-electron chi connectivity index (χ2n) is 8.49. The van der Waals surface area contributed by atoms with Crippen LogP contribution in [0.3, 0.4) is 0 Å². The Morgan fingerprint density at radius 2 is 1.91 bits per heavy atom. The number of ether oxygens (including phenoxy) is 2. The number of urea groups is 1. The number of hydrogen-bond acceptors (Lipinski definition) is 5. The lowest BCUT2D eigenvalue weighted by atomic mass is 10.2. The molecule has 0 aliphatic carbocycles. The van der Waals surface area contributed by atoms with Crippen molar-refractivity contribution in [3.05, 3.63) is 82.6 Å². The maximum atomic E-state index is 13.6. The number of nitrogens with one attached hydrogen (secondary N) is 1. The molecular formula is C27H31N3O4S. The molecule has 35 heavy (non-hydrogen) atoms. The molecule has 0 unspecified atom stereocenters. The Labute approximate surface area is 210 Å². The normalized spacial score (nSPS) is 14.9. The first-order valence-electron chi connectivity index (χ1n) is 11.8. The van der Waals surface area contributed by atoms with Crippen molar-refractivity contribution < 1.29 is 19.1 Å². The summed E-state index contributed by atoms with van der Waals surface area (Å²) < 4.78 is 11.0. The van der Waals surface area contributed by atoms with E-state index in [2.05, 4.69) is 5.32 Å². The molecule has 2 aromatic carbocycles. The largest absolute Gasteiger partial charge is 0.497 e. The molecule has 1 N–H and O–H groups in total. The van der Waals surface area contributed by atoms with Crippen molar-refractivity contribution in [2.45, 2.75) is 32.0 Å². The summed E-state index contributed by atoms with van der Waals surface area (Å²) in [6.45, 7) is 1.98. The van der Waals surface area contributed by atoms with Gasteiger partial charge in [0.15, 0.2) is 0 Å². The number of anilines is 1. The van der Waals surface area contributed by atoms with Crippen LogP contribution in [0.15, 0.2) is 72.1 Å². The molecule has 1 aliphatic heterocycles. The van der Waals surface area contributed by atoms with Crippen molar-refractivity contribution in [2.24, 2.45) is 0 Å². The maximum absolute atomic E-state index is 13.6. The minimum atomic E-state index is -0.335. The molecule has 1 aliphatic rings. The molecule has 0 bridgehead atoms. The monoisotopic (exact) mass is 493 g/mol. The van der Waals surface area contributed by atoms with Crippen LogP contribution in [0, 0.1) is 0 Å². The van der Waals surface area contributed by atoms with Gasteiger partial charge in [0.2, 0.25) is 5.91 Å². The van der Waals surface area contributed by atoms with Crippen LogP contribution in [0.4, 0.5) is 10.5 Å². The highest BCUT2D eigenvalue weighted by molar-refractivity contribution is 7.09. The molecule has 8 heteroatoms. The summed E-state index contributed by atoms with van der Waals surface area (Å²) in [5.41, 5.74) is 1.66. The molecule has 7 nitrogen and oxygen atoms in total. The van der Waals surface area contributed by atoms with Crippen LogP contribution < -0.4 is 10.1 Å². The highest BCUT2D eigenvalue weighted by Gasteiger charge is 2.27. The van der Waals surface area contributed by atoms with Crippen LogP contribution >= 0.6 is 11.3 Å². The Kier molecular flexibility index (Phi) is 8.75. The summed E-state index contributed by atoms with van der Waals surface area (Å²) in [5, 5.41) is 4.92. The Balaban J connectivity index is 1.50. The molecule has 184 valence electrons. The van der Waals surface area contributed by atoms with E-state index in [0.717, 1.165) is 23.3 Å². The summed E-state index contributed by atoms with van der Waals surface area (Å²) >= 11 is 1.62. The molecule has 1 fully saturated rings. The van der Waals surface area contributed by atoms with Gasteiger partial charge in [-0.15, -0.1) is 11.3 Å². The molecule has 0 spiro atoms. The van der Waals surface area contributed by atoms with Crippen LogP contribution in [-0.2, 0) is 22.6 Å². The molecule has 0 radical (unpaired) electrons. The second-order valence-corrected chi connectivity index (χ2v) is 9.52. The Bertz CT molecular complexity index is 1080. The molecule has 1 aromatic heterocycles. The van der Waals surface area contributed by atoms with Crippen molar-refractivity contribution >= 4 is 29.0 Å². The number of rotatable bonds is 10. The van der Waals surface area contributed by atoms with Gasteiger partial charge >= 0.3 is 6.03 Å². The van der Waals surface area contributed by atoms with E-state index in [-0.39, 0.29) is 24.6 Å². The molecule has 2 heterocycles. The number of thiophene rings is 1. The SMILES string of the molecule is COc1cccc(NC(=O)N(CC(=O)N(Cc2ccccc2)Cc2cccs2)C[C@H]2CCCO2)c1. The van der Waals surface area contributed by atoms with Crippen LogP contribution in [-0.4, -0.2) is 54.6 Å². The third-order valence-corrected chi connectivity index (χ3v) is 6.74. The van der Waals surface area contributed by atoms with E-state index in [1.165, 1.54) is 0 Å². The van der Waals surface area contributed by atoms with Gasteiger partial charge < -0.3 is 24.6 Å². The van der Waals surface area contributed by atoms with Crippen molar-refractivity contribution in [3.63, 3.8) is 0 Å². The highest BCUT2D eigenvalue weighted by Crippen LogP contribution is 2.20. The van der Waals surface area contributed by atoms with E-state index >= 15 is 0 Å². The standard InChI is InChI=1S/C27H31N3O4S/c1-33-23-11-5-10-22(16-23)28-27(32)30(18-24-12-6-14-34-24)20-26(31)29(19-25-13-7-15-35-25)17-21-8-3-2-4-9-21/h2-5,7-11,13,15-16,24H,6,12,14,17-20H2,1H3,(H,28,32)/t24-/m1/s1. The fraction of sp³-hybridized carbons (Fsp3) is 0.333. The first-order chi connectivity index (χ1) is 17.1. The quantitative estimate of drug-likeness (QED) is 0.432. The van der Waals surface area contributed by atoms with Gasteiger partial charge in [0.1, 0.15) is 12.3 Å². The van der Waals surface area contributed by atoms with Crippen LogP contribution in [0.5, 0.6) is 5.75 Å². The first kappa shape index (κ1) is 24.8. The van der Waals surface area contributed by atoms with Crippen molar-refractivity contribution in [2.75, 3.05) is 32.1 Å². The molecule has 4 rings (SSSR count). The Morgan fingerprint density at radius 1 is 1.06 bits per heavy atom. The smallest absolute Gasteiger partial charge is 0.322 e.